The maximum atomic E-state index is 14.6. The van der Waals surface area contributed by atoms with E-state index in [1.165, 1.54) is 18.3 Å². The Morgan fingerprint density at radius 3 is 2.86 bits per heavy atom. The van der Waals surface area contributed by atoms with Crippen LogP contribution in [0, 0.1) is 28.9 Å². The third-order valence-electron chi connectivity index (χ3n) is 5.01. The van der Waals surface area contributed by atoms with Gasteiger partial charge in [0.05, 0.1) is 5.56 Å². The Morgan fingerprint density at radius 2 is 2.21 bits per heavy atom. The predicted molar refractivity (Wildman–Crippen MR) is 95.5 cm³/mol. The van der Waals surface area contributed by atoms with Crippen molar-refractivity contribution in [2.24, 2.45) is 16.6 Å². The SMILES string of the molecule is N#Cc1ccc(C(=O)Nc2cc(F)c(F)c([C@@]3(CF)N=C(N)O[C@H]4C[C@H]43)c2)nc1. The van der Waals surface area contributed by atoms with Gasteiger partial charge in [0.15, 0.2) is 11.6 Å². The number of aromatic nitrogens is 1. The van der Waals surface area contributed by atoms with Crippen LogP contribution >= 0.6 is 0 Å². The van der Waals surface area contributed by atoms with Crippen LogP contribution in [-0.2, 0) is 10.3 Å². The minimum atomic E-state index is -1.72. The molecule has 0 saturated heterocycles. The second-order valence-corrected chi connectivity index (χ2v) is 6.82. The second-order valence-electron chi connectivity index (χ2n) is 6.82. The van der Waals surface area contributed by atoms with E-state index in [4.69, 9.17) is 15.7 Å². The van der Waals surface area contributed by atoms with E-state index in [0.717, 1.165) is 12.1 Å². The molecular weight excluding hydrogens is 387 g/mol. The number of nitrogens with one attached hydrogen (secondary N) is 1. The summed E-state index contributed by atoms with van der Waals surface area (Å²) in [5.74, 6) is -3.72. The summed E-state index contributed by atoms with van der Waals surface area (Å²) >= 11 is 0. The second kappa shape index (κ2) is 6.77. The maximum Gasteiger partial charge on any atom is 0.283 e. The van der Waals surface area contributed by atoms with Crippen molar-refractivity contribution >= 4 is 17.6 Å². The monoisotopic (exact) mass is 401 g/mol. The fourth-order valence-corrected chi connectivity index (χ4v) is 3.49. The molecule has 0 bridgehead atoms. The molecule has 2 heterocycles. The van der Waals surface area contributed by atoms with Crippen molar-refractivity contribution in [1.82, 2.24) is 4.98 Å². The van der Waals surface area contributed by atoms with Gasteiger partial charge in [-0.1, -0.05) is 0 Å². The zero-order valence-corrected chi connectivity index (χ0v) is 14.8. The number of anilines is 1. The highest BCUT2D eigenvalue weighted by atomic mass is 19.2. The number of aliphatic imine (C=N–C) groups is 1. The van der Waals surface area contributed by atoms with Gasteiger partial charge in [0.1, 0.15) is 30.1 Å². The molecule has 1 amide bonds. The number of pyridine rings is 1. The van der Waals surface area contributed by atoms with Gasteiger partial charge in [0.2, 0.25) is 0 Å². The van der Waals surface area contributed by atoms with Crippen molar-refractivity contribution in [3.8, 4) is 6.07 Å². The molecule has 1 aromatic carbocycles. The Morgan fingerprint density at radius 1 is 1.41 bits per heavy atom. The quantitative estimate of drug-likeness (QED) is 0.817. The van der Waals surface area contributed by atoms with E-state index in [-0.39, 0.29) is 28.5 Å². The number of carbonyl (C=O) groups excluding carboxylic acids is 1. The van der Waals surface area contributed by atoms with Crippen LogP contribution in [0.1, 0.15) is 28.0 Å². The smallest absolute Gasteiger partial charge is 0.283 e. The van der Waals surface area contributed by atoms with Crippen LogP contribution in [0.4, 0.5) is 18.9 Å². The van der Waals surface area contributed by atoms with Crippen LogP contribution in [-0.4, -0.2) is 29.7 Å². The van der Waals surface area contributed by atoms with E-state index in [2.05, 4.69) is 15.3 Å². The number of nitriles is 1. The van der Waals surface area contributed by atoms with Gasteiger partial charge in [0.25, 0.3) is 11.9 Å². The first-order valence-electron chi connectivity index (χ1n) is 8.63. The largest absolute Gasteiger partial charge is 0.462 e. The summed E-state index contributed by atoms with van der Waals surface area (Å²) < 4.78 is 48.2. The number of amides is 1. The number of carbonyl (C=O) groups is 1. The number of benzene rings is 1. The zero-order valence-electron chi connectivity index (χ0n) is 14.8. The number of alkyl halides is 1. The number of amidine groups is 1. The summed E-state index contributed by atoms with van der Waals surface area (Å²) in [6, 6.07) is 6.20. The molecule has 1 saturated carbocycles. The molecule has 29 heavy (non-hydrogen) atoms. The van der Waals surface area contributed by atoms with Gasteiger partial charge in [-0.3, -0.25) is 4.79 Å². The summed E-state index contributed by atoms with van der Waals surface area (Å²) in [5.41, 5.74) is 3.66. The number of ether oxygens (including phenoxy) is 1. The Labute approximate surface area is 163 Å². The van der Waals surface area contributed by atoms with Crippen LogP contribution in [0.3, 0.4) is 0 Å². The Hall–Kier alpha value is -3.61. The van der Waals surface area contributed by atoms with Crippen molar-refractivity contribution in [2.45, 2.75) is 18.1 Å². The minimum Gasteiger partial charge on any atom is -0.462 e. The molecule has 1 fully saturated rings. The molecule has 1 aliphatic heterocycles. The van der Waals surface area contributed by atoms with Gasteiger partial charge in [-0.15, -0.1) is 0 Å². The standard InChI is InChI=1S/C19H14F3N5O2/c20-8-19(11-5-15(11)29-18(24)27-19)12-3-10(4-13(21)16(12)22)26-17(28)14-2-1-9(6-23)7-25-14/h1-4,7,11,15H,5,8H2,(H2,24,27)(H,26,28)/t11-,15+,19+/m1/s1. The van der Waals surface area contributed by atoms with E-state index in [1.807, 2.05) is 6.07 Å². The fourth-order valence-electron chi connectivity index (χ4n) is 3.49. The van der Waals surface area contributed by atoms with Gasteiger partial charge < -0.3 is 15.8 Å². The highest BCUT2D eigenvalue weighted by Gasteiger charge is 2.60. The molecular formula is C19H14F3N5O2. The molecule has 0 unspecified atom stereocenters. The van der Waals surface area contributed by atoms with E-state index in [0.29, 0.717) is 6.42 Å². The first-order valence-corrected chi connectivity index (χ1v) is 8.63. The normalized spacial score (nSPS) is 24.6. The highest BCUT2D eigenvalue weighted by Crippen LogP contribution is 2.54. The third-order valence-corrected chi connectivity index (χ3v) is 5.01. The lowest BCUT2D eigenvalue weighted by atomic mass is 9.85. The summed E-state index contributed by atoms with van der Waals surface area (Å²) in [4.78, 5) is 20.2. The Balaban J connectivity index is 1.70. The molecule has 0 radical (unpaired) electrons. The van der Waals surface area contributed by atoms with E-state index in [9.17, 15) is 18.0 Å². The minimum absolute atomic E-state index is 0.0360. The van der Waals surface area contributed by atoms with Gasteiger partial charge in [-0.2, -0.15) is 5.26 Å². The number of nitrogens with zero attached hydrogens (tertiary/aromatic N) is 3. The number of hydrogen-bond donors (Lipinski definition) is 2. The van der Waals surface area contributed by atoms with Crippen LogP contribution in [0.5, 0.6) is 0 Å². The number of nitrogens with two attached hydrogens (primary N) is 1. The van der Waals surface area contributed by atoms with Crippen LogP contribution in [0.2, 0.25) is 0 Å². The molecule has 2 aromatic rings. The molecule has 2 aliphatic rings. The predicted octanol–water partition coefficient (Wildman–Crippen LogP) is 2.38. The van der Waals surface area contributed by atoms with Crippen molar-refractivity contribution < 1.29 is 22.7 Å². The fraction of sp³-hybridized carbons (Fsp3) is 0.263. The van der Waals surface area contributed by atoms with Crippen LogP contribution < -0.4 is 11.1 Å². The number of rotatable bonds is 4. The summed E-state index contributed by atoms with van der Waals surface area (Å²) in [7, 11) is 0. The Bertz CT molecular complexity index is 1070. The summed E-state index contributed by atoms with van der Waals surface area (Å²) in [5, 5.41) is 11.2. The third kappa shape index (κ3) is 3.14. The zero-order chi connectivity index (χ0) is 20.8. The lowest BCUT2D eigenvalue weighted by Crippen LogP contribution is -2.40. The van der Waals surface area contributed by atoms with Crippen molar-refractivity contribution in [1.29, 1.82) is 5.26 Å². The molecule has 1 aromatic heterocycles. The molecule has 10 heteroatoms. The first-order chi connectivity index (χ1) is 13.9. The molecule has 4 rings (SSSR count). The van der Waals surface area contributed by atoms with Gasteiger partial charge in [-0.05, 0) is 24.6 Å². The first kappa shape index (κ1) is 18.7. The lowest BCUT2D eigenvalue weighted by Gasteiger charge is -2.31. The van der Waals surface area contributed by atoms with Crippen molar-refractivity contribution in [3.05, 3.63) is 58.9 Å². The van der Waals surface area contributed by atoms with Gasteiger partial charge in [0, 0.05) is 29.4 Å². The lowest BCUT2D eigenvalue weighted by molar-refractivity contribution is 0.102. The van der Waals surface area contributed by atoms with Crippen molar-refractivity contribution in [2.75, 3.05) is 12.0 Å². The van der Waals surface area contributed by atoms with Gasteiger partial charge >= 0.3 is 0 Å². The molecule has 3 atom stereocenters. The van der Waals surface area contributed by atoms with E-state index >= 15 is 0 Å². The summed E-state index contributed by atoms with van der Waals surface area (Å²) in [6.45, 7) is -1.11. The number of fused-ring (bicyclic) bond motifs is 1. The maximum absolute atomic E-state index is 14.6. The number of hydrogen-bond acceptors (Lipinski definition) is 6. The topological polar surface area (TPSA) is 113 Å². The van der Waals surface area contributed by atoms with Crippen molar-refractivity contribution in [3.63, 3.8) is 0 Å². The Kier molecular flexibility index (Phi) is 4.38. The van der Waals surface area contributed by atoms with E-state index < -0.39 is 41.8 Å². The highest BCUT2D eigenvalue weighted by molar-refractivity contribution is 6.02. The molecule has 7 nitrogen and oxygen atoms in total. The molecule has 148 valence electrons. The molecule has 0 spiro atoms. The average molecular weight is 401 g/mol. The van der Waals surface area contributed by atoms with E-state index in [1.54, 1.807) is 0 Å². The van der Waals surface area contributed by atoms with Gasteiger partial charge in [-0.25, -0.2) is 23.1 Å². The average Bonchev–Trinajstić information content (AvgIpc) is 3.49. The van der Waals surface area contributed by atoms with Crippen LogP contribution in [0.15, 0.2) is 35.5 Å². The van der Waals surface area contributed by atoms with Crippen LogP contribution in [0.25, 0.3) is 0 Å². The number of halogens is 3. The molecule has 1 aliphatic carbocycles. The summed E-state index contributed by atoms with van der Waals surface area (Å²) in [6.07, 6.45) is 1.20. The molecule has 3 N–H and O–H groups in total.